The Labute approximate surface area is 174 Å². The summed E-state index contributed by atoms with van der Waals surface area (Å²) in [7, 11) is 1.63. The molecule has 8 heteroatoms. The van der Waals surface area contributed by atoms with Crippen molar-refractivity contribution in [2.24, 2.45) is 11.8 Å². The van der Waals surface area contributed by atoms with Crippen LogP contribution in [0, 0.1) is 11.8 Å². The smallest absolute Gasteiger partial charge is 0.326 e. The molecular formula is C21H24N2O5S. The number of fused-ring (bicyclic) bond motifs is 1. The number of esters is 1. The van der Waals surface area contributed by atoms with E-state index in [-0.39, 0.29) is 29.6 Å². The van der Waals surface area contributed by atoms with Crippen LogP contribution < -0.4 is 0 Å². The monoisotopic (exact) mass is 416 g/mol. The molecule has 1 aromatic carbocycles. The minimum atomic E-state index is -0.760. The third kappa shape index (κ3) is 4.87. The molecule has 0 N–H and O–H groups in total. The number of thioether (sulfide) groups is 1. The molecule has 2 aliphatic rings. The molecule has 29 heavy (non-hydrogen) atoms. The molecule has 1 aliphatic heterocycles. The molecule has 0 bridgehead atoms. The van der Waals surface area contributed by atoms with Crippen LogP contribution in [-0.2, 0) is 30.5 Å². The van der Waals surface area contributed by atoms with Crippen molar-refractivity contribution in [2.75, 3.05) is 26.5 Å². The van der Waals surface area contributed by atoms with Crippen LogP contribution in [0.25, 0.3) is 0 Å². The van der Waals surface area contributed by atoms with Crippen LogP contribution in [0.4, 0.5) is 0 Å². The SMILES string of the molecule is CSc1ccc(CN(C)C(=O)COC(=O)CN2C(=O)[C@H]3CC=CC[C@@H]3C2=O)cc1. The molecule has 0 saturated carbocycles. The van der Waals surface area contributed by atoms with E-state index in [0.717, 1.165) is 15.4 Å². The Morgan fingerprint density at radius 3 is 2.24 bits per heavy atom. The minimum absolute atomic E-state index is 0.335. The number of allylic oxidation sites excluding steroid dienone is 2. The molecule has 0 radical (unpaired) electrons. The quantitative estimate of drug-likeness (QED) is 0.292. The highest BCUT2D eigenvalue weighted by atomic mass is 32.2. The van der Waals surface area contributed by atoms with E-state index in [0.29, 0.717) is 19.4 Å². The second-order valence-corrected chi connectivity index (χ2v) is 8.06. The summed E-state index contributed by atoms with van der Waals surface area (Å²) < 4.78 is 5.02. The average Bonchev–Trinajstić information content (AvgIpc) is 2.97. The highest BCUT2D eigenvalue weighted by molar-refractivity contribution is 7.98. The Bertz CT molecular complexity index is 810. The Morgan fingerprint density at radius 1 is 1.10 bits per heavy atom. The fourth-order valence-corrected chi connectivity index (χ4v) is 3.95. The highest BCUT2D eigenvalue weighted by Gasteiger charge is 2.47. The number of ether oxygens (including phenoxy) is 1. The topological polar surface area (TPSA) is 84.0 Å². The lowest BCUT2D eigenvalue weighted by atomic mass is 9.85. The fourth-order valence-electron chi connectivity index (χ4n) is 3.54. The number of amides is 3. The second-order valence-electron chi connectivity index (χ2n) is 7.18. The number of likely N-dealkylation sites (tertiary alicyclic amines) is 1. The van der Waals surface area contributed by atoms with E-state index in [4.69, 9.17) is 4.74 Å². The molecule has 0 spiro atoms. The van der Waals surface area contributed by atoms with Gasteiger partial charge in [0.15, 0.2) is 6.61 Å². The van der Waals surface area contributed by atoms with Crippen LogP contribution in [0.5, 0.6) is 0 Å². The van der Waals surface area contributed by atoms with E-state index >= 15 is 0 Å². The standard InChI is InChI=1S/C21H24N2O5S/c1-22(11-14-7-9-15(29-2)10-8-14)18(24)13-28-19(25)12-23-20(26)16-5-3-4-6-17(16)21(23)27/h3-4,7-10,16-17H,5-6,11-13H2,1-2H3/t16-,17-/m0/s1. The van der Waals surface area contributed by atoms with Crippen molar-refractivity contribution in [1.29, 1.82) is 0 Å². The van der Waals surface area contributed by atoms with Crippen molar-refractivity contribution in [1.82, 2.24) is 9.80 Å². The van der Waals surface area contributed by atoms with Gasteiger partial charge in [-0.1, -0.05) is 24.3 Å². The first-order valence-electron chi connectivity index (χ1n) is 9.43. The van der Waals surface area contributed by atoms with E-state index < -0.39 is 19.1 Å². The summed E-state index contributed by atoms with van der Waals surface area (Å²) >= 11 is 1.64. The summed E-state index contributed by atoms with van der Waals surface area (Å²) in [5.74, 6) is -2.55. The molecule has 1 aromatic rings. The van der Waals surface area contributed by atoms with E-state index in [9.17, 15) is 19.2 Å². The Hall–Kier alpha value is -2.61. The fraction of sp³-hybridized carbons (Fsp3) is 0.429. The summed E-state index contributed by atoms with van der Waals surface area (Å²) in [6.45, 7) is -0.481. The minimum Gasteiger partial charge on any atom is -0.454 e. The van der Waals surface area contributed by atoms with Gasteiger partial charge in [-0.25, -0.2) is 0 Å². The number of nitrogens with zero attached hydrogens (tertiary/aromatic N) is 2. The van der Waals surface area contributed by atoms with Gasteiger partial charge in [0.1, 0.15) is 6.54 Å². The van der Waals surface area contributed by atoms with Gasteiger partial charge in [0.05, 0.1) is 11.8 Å². The zero-order valence-electron chi connectivity index (χ0n) is 16.5. The van der Waals surface area contributed by atoms with E-state index in [1.807, 2.05) is 42.7 Å². The maximum Gasteiger partial charge on any atom is 0.326 e. The van der Waals surface area contributed by atoms with Crippen molar-refractivity contribution in [3.8, 4) is 0 Å². The van der Waals surface area contributed by atoms with Crippen LogP contribution in [0.15, 0.2) is 41.3 Å². The zero-order chi connectivity index (χ0) is 21.0. The van der Waals surface area contributed by atoms with Gasteiger partial charge in [-0.3, -0.25) is 24.1 Å². The van der Waals surface area contributed by atoms with Crippen molar-refractivity contribution >= 4 is 35.5 Å². The maximum absolute atomic E-state index is 12.4. The van der Waals surface area contributed by atoms with E-state index in [1.54, 1.807) is 18.8 Å². The van der Waals surface area contributed by atoms with E-state index in [2.05, 4.69) is 0 Å². The first-order valence-corrected chi connectivity index (χ1v) is 10.7. The van der Waals surface area contributed by atoms with Crippen molar-refractivity contribution in [2.45, 2.75) is 24.3 Å². The summed E-state index contributed by atoms with van der Waals surface area (Å²) in [5, 5.41) is 0. The van der Waals surface area contributed by atoms with Gasteiger partial charge in [0.25, 0.3) is 5.91 Å². The van der Waals surface area contributed by atoms with Crippen molar-refractivity contribution < 1.29 is 23.9 Å². The van der Waals surface area contributed by atoms with Gasteiger partial charge < -0.3 is 9.64 Å². The number of hydrogen-bond donors (Lipinski definition) is 0. The van der Waals surface area contributed by atoms with Crippen LogP contribution in [0.2, 0.25) is 0 Å². The van der Waals surface area contributed by atoms with Crippen LogP contribution >= 0.6 is 11.8 Å². The lowest BCUT2D eigenvalue weighted by molar-refractivity contribution is -0.156. The van der Waals surface area contributed by atoms with Gasteiger partial charge in [-0.15, -0.1) is 11.8 Å². The predicted octanol–water partition coefficient (Wildman–Crippen LogP) is 1.86. The van der Waals surface area contributed by atoms with Crippen molar-refractivity contribution in [3.05, 3.63) is 42.0 Å². The molecule has 1 fully saturated rings. The van der Waals surface area contributed by atoms with Gasteiger partial charge in [-0.2, -0.15) is 0 Å². The number of hydrogen-bond acceptors (Lipinski definition) is 6. The molecule has 3 amide bonds. The zero-order valence-corrected chi connectivity index (χ0v) is 17.3. The third-order valence-electron chi connectivity index (χ3n) is 5.25. The molecule has 0 unspecified atom stereocenters. The molecule has 2 atom stereocenters. The number of rotatable bonds is 7. The van der Waals surface area contributed by atoms with Crippen LogP contribution in [-0.4, -0.2) is 59.9 Å². The first-order chi connectivity index (χ1) is 13.9. The van der Waals surface area contributed by atoms with Crippen LogP contribution in [0.1, 0.15) is 18.4 Å². The number of carbonyl (C=O) groups excluding carboxylic acids is 4. The molecule has 3 rings (SSSR count). The number of imide groups is 1. The molecule has 1 saturated heterocycles. The van der Waals surface area contributed by atoms with Crippen molar-refractivity contribution in [3.63, 3.8) is 0 Å². The summed E-state index contributed by atoms with van der Waals surface area (Å²) in [4.78, 5) is 52.6. The molecule has 154 valence electrons. The molecular weight excluding hydrogens is 392 g/mol. The summed E-state index contributed by atoms with van der Waals surface area (Å²) in [5.41, 5.74) is 0.967. The second kappa shape index (κ2) is 9.26. The van der Waals surface area contributed by atoms with Gasteiger partial charge in [0.2, 0.25) is 11.8 Å². The normalized spacial score (nSPS) is 20.6. The predicted molar refractivity (Wildman–Crippen MR) is 108 cm³/mol. The maximum atomic E-state index is 12.4. The Morgan fingerprint density at radius 2 is 1.69 bits per heavy atom. The van der Waals surface area contributed by atoms with Gasteiger partial charge in [-0.05, 0) is 36.8 Å². The summed E-state index contributed by atoms with van der Waals surface area (Å²) in [6, 6.07) is 7.85. The van der Waals surface area contributed by atoms with Crippen LogP contribution in [0.3, 0.4) is 0 Å². The molecule has 1 heterocycles. The highest BCUT2D eigenvalue weighted by Crippen LogP contribution is 2.34. The third-order valence-corrected chi connectivity index (χ3v) is 5.99. The lowest BCUT2D eigenvalue weighted by Gasteiger charge is -2.18. The Kier molecular flexibility index (Phi) is 6.74. The number of benzene rings is 1. The first kappa shape index (κ1) is 21.1. The Balaban J connectivity index is 1.46. The molecule has 1 aliphatic carbocycles. The molecule has 0 aromatic heterocycles. The van der Waals surface area contributed by atoms with Gasteiger partial charge in [0, 0.05) is 18.5 Å². The lowest BCUT2D eigenvalue weighted by Crippen LogP contribution is -2.38. The molecule has 7 nitrogen and oxygen atoms in total. The summed E-state index contributed by atoms with van der Waals surface area (Å²) in [6.07, 6.45) is 6.80. The van der Waals surface area contributed by atoms with E-state index in [1.165, 1.54) is 4.90 Å². The van der Waals surface area contributed by atoms with Gasteiger partial charge >= 0.3 is 5.97 Å². The largest absolute Gasteiger partial charge is 0.454 e. The number of carbonyl (C=O) groups is 4. The average molecular weight is 416 g/mol. The number of likely N-dealkylation sites (N-methyl/N-ethyl adjacent to an activating group) is 1.